The van der Waals surface area contributed by atoms with Crippen molar-refractivity contribution in [1.82, 2.24) is 20.3 Å². The van der Waals surface area contributed by atoms with Crippen molar-refractivity contribution in [2.24, 2.45) is 0 Å². The van der Waals surface area contributed by atoms with Gasteiger partial charge in [-0.05, 0) is 25.5 Å². The summed E-state index contributed by atoms with van der Waals surface area (Å²) in [5, 5.41) is 18.7. The largest absolute Gasteiger partial charge is 0.480 e. The van der Waals surface area contributed by atoms with E-state index in [4.69, 9.17) is 5.11 Å². The zero-order valence-corrected chi connectivity index (χ0v) is 14.2. The maximum absolute atomic E-state index is 12.2. The standard InChI is InChI=1S/C17H20N4O4/c1-11-3-4-12(2)14(7-11)15(22)5-6-16(23)18-8-13-9-21(20-19-13)10-17(24)25/h3-4,7,9H,5-6,8,10H2,1-2H3,(H,18,23)(H,24,25). The van der Waals surface area contributed by atoms with Crippen LogP contribution in [0.25, 0.3) is 0 Å². The number of aromatic nitrogens is 3. The van der Waals surface area contributed by atoms with Crippen LogP contribution in [-0.2, 0) is 22.7 Å². The van der Waals surface area contributed by atoms with E-state index in [0.29, 0.717) is 11.3 Å². The third-order valence-corrected chi connectivity index (χ3v) is 3.62. The zero-order chi connectivity index (χ0) is 18.4. The highest BCUT2D eigenvalue weighted by molar-refractivity contribution is 5.99. The maximum atomic E-state index is 12.2. The number of benzene rings is 1. The van der Waals surface area contributed by atoms with E-state index in [9.17, 15) is 14.4 Å². The number of hydrogen-bond acceptors (Lipinski definition) is 5. The molecule has 25 heavy (non-hydrogen) atoms. The Morgan fingerprint density at radius 1 is 1.20 bits per heavy atom. The van der Waals surface area contributed by atoms with Crippen LogP contribution in [0.2, 0.25) is 0 Å². The van der Waals surface area contributed by atoms with Gasteiger partial charge >= 0.3 is 5.97 Å². The van der Waals surface area contributed by atoms with Gasteiger partial charge in [0.05, 0.1) is 12.7 Å². The molecule has 8 heteroatoms. The topological polar surface area (TPSA) is 114 Å². The molecule has 2 rings (SSSR count). The van der Waals surface area contributed by atoms with Crippen molar-refractivity contribution in [2.45, 2.75) is 39.8 Å². The predicted octanol–water partition coefficient (Wildman–Crippen LogP) is 1.26. The normalized spacial score (nSPS) is 10.5. The van der Waals surface area contributed by atoms with Crippen LogP contribution in [0.3, 0.4) is 0 Å². The highest BCUT2D eigenvalue weighted by atomic mass is 16.4. The second-order valence-electron chi connectivity index (χ2n) is 5.82. The summed E-state index contributed by atoms with van der Waals surface area (Å²) in [4.78, 5) is 34.7. The van der Waals surface area contributed by atoms with Crippen LogP contribution in [0.5, 0.6) is 0 Å². The number of nitrogens with one attached hydrogen (secondary N) is 1. The average molecular weight is 344 g/mol. The Hall–Kier alpha value is -3.03. The molecule has 1 aromatic heterocycles. The number of Topliss-reactive ketones (excluding diaryl/α,β-unsaturated/α-hetero) is 1. The number of nitrogens with zero attached hydrogens (tertiary/aromatic N) is 3. The van der Waals surface area contributed by atoms with Gasteiger partial charge in [-0.1, -0.05) is 22.9 Å². The predicted molar refractivity (Wildman–Crippen MR) is 89.0 cm³/mol. The number of ketones is 1. The number of carboxylic acid groups (broad SMARTS) is 1. The molecule has 0 aliphatic rings. The Kier molecular flexibility index (Phi) is 5.99. The zero-order valence-electron chi connectivity index (χ0n) is 14.2. The van der Waals surface area contributed by atoms with Gasteiger partial charge in [-0.3, -0.25) is 14.4 Å². The van der Waals surface area contributed by atoms with Crippen LogP contribution in [0, 0.1) is 13.8 Å². The van der Waals surface area contributed by atoms with Gasteiger partial charge < -0.3 is 10.4 Å². The van der Waals surface area contributed by atoms with Crippen LogP contribution < -0.4 is 5.32 Å². The summed E-state index contributed by atoms with van der Waals surface area (Å²) < 4.78 is 1.17. The van der Waals surface area contributed by atoms with Gasteiger partial charge in [-0.2, -0.15) is 0 Å². The Labute approximate surface area is 144 Å². The van der Waals surface area contributed by atoms with Crippen molar-refractivity contribution in [2.75, 3.05) is 0 Å². The molecule has 1 amide bonds. The SMILES string of the molecule is Cc1ccc(C)c(C(=O)CCC(=O)NCc2cn(CC(=O)O)nn2)c1. The van der Waals surface area contributed by atoms with E-state index in [1.54, 1.807) is 0 Å². The van der Waals surface area contributed by atoms with Crippen LogP contribution in [0.4, 0.5) is 0 Å². The van der Waals surface area contributed by atoms with Gasteiger partial charge in [-0.25, -0.2) is 4.68 Å². The Morgan fingerprint density at radius 2 is 1.96 bits per heavy atom. The first-order valence-corrected chi connectivity index (χ1v) is 7.83. The molecule has 0 atom stereocenters. The second kappa shape index (κ2) is 8.18. The molecule has 0 saturated carbocycles. The lowest BCUT2D eigenvalue weighted by Crippen LogP contribution is -2.23. The van der Waals surface area contributed by atoms with Crippen LogP contribution >= 0.6 is 0 Å². The molecule has 0 aliphatic carbocycles. The van der Waals surface area contributed by atoms with Crippen molar-refractivity contribution >= 4 is 17.7 Å². The molecule has 2 aromatic rings. The number of amides is 1. The fraction of sp³-hybridized carbons (Fsp3) is 0.353. The molecule has 1 aromatic carbocycles. The summed E-state index contributed by atoms with van der Waals surface area (Å²) >= 11 is 0. The Bertz CT molecular complexity index is 798. The van der Waals surface area contributed by atoms with Gasteiger partial charge in [0.2, 0.25) is 5.91 Å². The number of carboxylic acids is 1. The molecule has 8 nitrogen and oxygen atoms in total. The lowest BCUT2D eigenvalue weighted by molar-refractivity contribution is -0.138. The van der Waals surface area contributed by atoms with E-state index in [2.05, 4.69) is 15.6 Å². The van der Waals surface area contributed by atoms with Crippen molar-refractivity contribution in [3.05, 3.63) is 46.8 Å². The molecular weight excluding hydrogens is 324 g/mol. The van der Waals surface area contributed by atoms with Gasteiger partial charge in [0.25, 0.3) is 0 Å². The lowest BCUT2D eigenvalue weighted by Gasteiger charge is -2.06. The minimum absolute atomic E-state index is 0.0660. The quantitative estimate of drug-likeness (QED) is 0.697. The van der Waals surface area contributed by atoms with E-state index in [0.717, 1.165) is 11.1 Å². The highest BCUT2D eigenvalue weighted by Gasteiger charge is 2.12. The molecule has 0 fully saturated rings. The van der Waals surface area contributed by atoms with E-state index >= 15 is 0 Å². The molecule has 1 heterocycles. The number of hydrogen-bond donors (Lipinski definition) is 2. The number of carbonyl (C=O) groups excluding carboxylic acids is 2. The fourth-order valence-electron chi connectivity index (χ4n) is 2.31. The van der Waals surface area contributed by atoms with Gasteiger partial charge in [-0.15, -0.1) is 5.10 Å². The molecule has 0 bridgehead atoms. The number of aryl methyl sites for hydroxylation is 2. The number of rotatable bonds is 8. The molecular formula is C17H20N4O4. The van der Waals surface area contributed by atoms with Crippen molar-refractivity contribution in [3.63, 3.8) is 0 Å². The molecule has 2 N–H and O–H groups in total. The molecule has 0 aliphatic heterocycles. The van der Waals surface area contributed by atoms with Crippen molar-refractivity contribution in [3.8, 4) is 0 Å². The van der Waals surface area contributed by atoms with Gasteiger partial charge in [0.15, 0.2) is 5.78 Å². The molecule has 0 unspecified atom stereocenters. The highest BCUT2D eigenvalue weighted by Crippen LogP contribution is 2.13. The fourth-order valence-corrected chi connectivity index (χ4v) is 2.31. The molecule has 132 valence electrons. The lowest BCUT2D eigenvalue weighted by atomic mass is 9.99. The first kappa shape index (κ1) is 18.3. The van der Waals surface area contributed by atoms with Crippen molar-refractivity contribution < 1.29 is 19.5 Å². The molecule has 0 radical (unpaired) electrons. The second-order valence-corrected chi connectivity index (χ2v) is 5.82. The Morgan fingerprint density at radius 3 is 2.68 bits per heavy atom. The molecule has 0 spiro atoms. The minimum atomic E-state index is -1.02. The number of carbonyl (C=O) groups is 3. The third-order valence-electron chi connectivity index (χ3n) is 3.62. The summed E-state index contributed by atoms with van der Waals surface area (Å²) in [6.45, 7) is 3.63. The van der Waals surface area contributed by atoms with Gasteiger partial charge in [0, 0.05) is 18.4 Å². The van der Waals surface area contributed by atoms with E-state index in [1.165, 1.54) is 10.9 Å². The minimum Gasteiger partial charge on any atom is -0.480 e. The maximum Gasteiger partial charge on any atom is 0.325 e. The first-order chi connectivity index (χ1) is 11.8. The average Bonchev–Trinajstić information content (AvgIpc) is 2.99. The first-order valence-electron chi connectivity index (χ1n) is 7.83. The van der Waals surface area contributed by atoms with Crippen molar-refractivity contribution in [1.29, 1.82) is 0 Å². The summed E-state index contributed by atoms with van der Waals surface area (Å²) in [7, 11) is 0. The summed E-state index contributed by atoms with van der Waals surface area (Å²) in [6, 6.07) is 5.66. The van der Waals surface area contributed by atoms with Gasteiger partial charge in [0.1, 0.15) is 12.2 Å². The smallest absolute Gasteiger partial charge is 0.325 e. The molecule has 0 saturated heterocycles. The van der Waals surface area contributed by atoms with E-state index in [1.807, 2.05) is 32.0 Å². The van der Waals surface area contributed by atoms with E-state index < -0.39 is 5.97 Å². The van der Waals surface area contributed by atoms with Crippen LogP contribution in [0.1, 0.15) is 40.0 Å². The number of aliphatic carboxylic acids is 1. The van der Waals surface area contributed by atoms with Crippen LogP contribution in [0.15, 0.2) is 24.4 Å². The summed E-state index contributed by atoms with van der Waals surface area (Å²) in [5.41, 5.74) is 2.99. The Balaban J connectivity index is 1.80. The van der Waals surface area contributed by atoms with Crippen LogP contribution in [-0.4, -0.2) is 37.8 Å². The summed E-state index contributed by atoms with van der Waals surface area (Å²) in [6.07, 6.45) is 1.66. The monoisotopic (exact) mass is 344 g/mol. The third kappa shape index (κ3) is 5.52. The summed E-state index contributed by atoms with van der Waals surface area (Å²) in [5.74, 6) is -1.36. The van der Waals surface area contributed by atoms with E-state index in [-0.39, 0.29) is 37.6 Å².